The van der Waals surface area contributed by atoms with Crippen LogP contribution in [0.15, 0.2) is 24.3 Å². The minimum Gasteiger partial charge on any atom is -0.380 e. The highest BCUT2D eigenvalue weighted by Gasteiger charge is 2.03. The van der Waals surface area contributed by atoms with Gasteiger partial charge in [-0.2, -0.15) is 0 Å². The average Bonchev–Trinajstić information content (AvgIpc) is 2.34. The largest absolute Gasteiger partial charge is 0.380 e. The lowest BCUT2D eigenvalue weighted by Crippen LogP contribution is -2.23. The number of hydrogen-bond acceptors (Lipinski definition) is 2. The number of ether oxygens (including phenoxy) is 1. The number of benzene rings is 1. The van der Waals surface area contributed by atoms with Crippen molar-refractivity contribution in [2.24, 2.45) is 0 Å². The fourth-order valence-electron chi connectivity index (χ4n) is 1.57. The van der Waals surface area contributed by atoms with E-state index in [0.29, 0.717) is 6.04 Å². The topological polar surface area (TPSA) is 21.3 Å². The fraction of sp³-hybridized carbons (Fsp3) is 0.571. The number of nitrogens with one attached hydrogen (secondary N) is 1. The van der Waals surface area contributed by atoms with E-state index in [4.69, 9.17) is 16.3 Å². The molecule has 3 heteroatoms. The summed E-state index contributed by atoms with van der Waals surface area (Å²) in [5.74, 6) is 0. The Labute approximate surface area is 109 Å². The normalized spacial score (nSPS) is 12.6. The van der Waals surface area contributed by atoms with Crippen LogP contribution in [-0.4, -0.2) is 19.8 Å². The van der Waals surface area contributed by atoms with E-state index < -0.39 is 0 Å². The van der Waals surface area contributed by atoms with E-state index in [1.165, 1.54) is 12.0 Å². The third-order valence-electron chi connectivity index (χ3n) is 2.71. The second-order valence-electron chi connectivity index (χ2n) is 4.19. The highest BCUT2D eigenvalue weighted by Crippen LogP contribution is 2.15. The predicted octanol–water partition coefficient (Wildman–Crippen LogP) is 3.81. The zero-order valence-corrected chi connectivity index (χ0v) is 11.5. The van der Waals surface area contributed by atoms with Crippen LogP contribution in [0.1, 0.15) is 38.3 Å². The molecule has 1 N–H and O–H groups in total. The van der Waals surface area contributed by atoms with Crippen molar-refractivity contribution < 1.29 is 4.74 Å². The minimum absolute atomic E-state index is 0.335. The lowest BCUT2D eigenvalue weighted by atomic mass is 10.1. The molecule has 0 fully saturated rings. The van der Waals surface area contributed by atoms with Gasteiger partial charge in [-0.15, -0.1) is 0 Å². The van der Waals surface area contributed by atoms with Crippen LogP contribution in [0, 0.1) is 0 Å². The highest BCUT2D eigenvalue weighted by atomic mass is 35.5. The van der Waals surface area contributed by atoms with Gasteiger partial charge in [0.05, 0.1) is 6.61 Å². The van der Waals surface area contributed by atoms with Crippen LogP contribution in [0.2, 0.25) is 5.02 Å². The van der Waals surface area contributed by atoms with E-state index in [9.17, 15) is 0 Å². The van der Waals surface area contributed by atoms with E-state index >= 15 is 0 Å². The molecule has 0 aromatic heterocycles. The van der Waals surface area contributed by atoms with Gasteiger partial charge in [0, 0.05) is 24.2 Å². The van der Waals surface area contributed by atoms with Crippen molar-refractivity contribution in [3.05, 3.63) is 34.9 Å². The molecule has 0 saturated carbocycles. The number of rotatable bonds is 8. The molecule has 0 aliphatic rings. The summed E-state index contributed by atoms with van der Waals surface area (Å²) in [4.78, 5) is 0. The van der Waals surface area contributed by atoms with Crippen LogP contribution in [-0.2, 0) is 4.74 Å². The maximum Gasteiger partial charge on any atom is 0.0591 e. The maximum absolute atomic E-state index is 5.85. The van der Waals surface area contributed by atoms with Crippen LogP contribution in [0.4, 0.5) is 0 Å². The molecule has 0 radical (unpaired) electrons. The molecule has 0 spiro atoms. The van der Waals surface area contributed by atoms with Gasteiger partial charge in [0.25, 0.3) is 0 Å². The van der Waals surface area contributed by atoms with Crippen molar-refractivity contribution in [1.82, 2.24) is 5.32 Å². The van der Waals surface area contributed by atoms with E-state index in [1.54, 1.807) is 0 Å². The van der Waals surface area contributed by atoms with Crippen LogP contribution in [0.25, 0.3) is 0 Å². The summed E-state index contributed by atoms with van der Waals surface area (Å²) >= 11 is 5.85. The molecule has 17 heavy (non-hydrogen) atoms. The molecule has 0 saturated heterocycles. The Bertz CT molecular complexity index is 300. The van der Waals surface area contributed by atoms with Crippen LogP contribution >= 0.6 is 11.6 Å². The second kappa shape index (κ2) is 8.51. The van der Waals surface area contributed by atoms with E-state index in [2.05, 4.69) is 31.3 Å². The summed E-state index contributed by atoms with van der Waals surface area (Å²) in [6, 6.07) is 8.29. The van der Waals surface area contributed by atoms with E-state index in [-0.39, 0.29) is 0 Å². The Morgan fingerprint density at radius 2 is 1.94 bits per heavy atom. The summed E-state index contributed by atoms with van der Waals surface area (Å²) in [5, 5.41) is 4.21. The standard InChI is InChI=1S/C14H22ClNO/c1-3-4-10-17-11-9-16-12(2)13-5-7-14(15)8-6-13/h5-8,12,16H,3-4,9-11H2,1-2H3/t12-/m0/s1. The highest BCUT2D eigenvalue weighted by molar-refractivity contribution is 6.30. The minimum atomic E-state index is 0.335. The Hall–Kier alpha value is -0.570. The van der Waals surface area contributed by atoms with Crippen LogP contribution < -0.4 is 5.32 Å². The molecule has 1 aromatic carbocycles. The summed E-state index contributed by atoms with van der Waals surface area (Å²) in [6.07, 6.45) is 2.33. The van der Waals surface area contributed by atoms with Gasteiger partial charge in [0.2, 0.25) is 0 Å². The number of unbranched alkanes of at least 4 members (excludes halogenated alkanes) is 1. The first-order valence-corrected chi connectivity index (χ1v) is 6.68. The third-order valence-corrected chi connectivity index (χ3v) is 2.96. The molecule has 2 nitrogen and oxygen atoms in total. The van der Waals surface area contributed by atoms with Crippen LogP contribution in [0.5, 0.6) is 0 Å². The summed E-state index contributed by atoms with van der Waals surface area (Å²) < 4.78 is 5.50. The lowest BCUT2D eigenvalue weighted by Gasteiger charge is -2.14. The Morgan fingerprint density at radius 1 is 1.24 bits per heavy atom. The van der Waals surface area contributed by atoms with Gasteiger partial charge >= 0.3 is 0 Å². The van der Waals surface area contributed by atoms with Crippen molar-refractivity contribution in [2.75, 3.05) is 19.8 Å². The molecule has 0 heterocycles. The van der Waals surface area contributed by atoms with Gasteiger partial charge in [-0.25, -0.2) is 0 Å². The summed E-state index contributed by atoms with van der Waals surface area (Å²) in [6.45, 7) is 6.85. The van der Waals surface area contributed by atoms with Crippen molar-refractivity contribution in [1.29, 1.82) is 0 Å². The zero-order chi connectivity index (χ0) is 12.5. The lowest BCUT2D eigenvalue weighted by molar-refractivity contribution is 0.131. The molecule has 0 amide bonds. The Balaban J connectivity index is 2.16. The Kier molecular flexibility index (Phi) is 7.25. The molecule has 0 aliphatic carbocycles. The van der Waals surface area contributed by atoms with Gasteiger partial charge in [-0.1, -0.05) is 37.1 Å². The molecule has 1 atom stereocenters. The van der Waals surface area contributed by atoms with Gasteiger partial charge in [-0.05, 0) is 31.0 Å². The smallest absolute Gasteiger partial charge is 0.0591 e. The summed E-state index contributed by atoms with van der Waals surface area (Å²) in [5.41, 5.74) is 1.25. The van der Waals surface area contributed by atoms with E-state index in [0.717, 1.165) is 31.2 Å². The van der Waals surface area contributed by atoms with Crippen molar-refractivity contribution in [3.63, 3.8) is 0 Å². The molecule has 0 unspecified atom stereocenters. The fourth-order valence-corrected chi connectivity index (χ4v) is 1.69. The number of hydrogen-bond donors (Lipinski definition) is 1. The molecule has 0 aliphatic heterocycles. The van der Waals surface area contributed by atoms with Gasteiger partial charge < -0.3 is 10.1 Å². The molecular weight excluding hydrogens is 234 g/mol. The first-order chi connectivity index (χ1) is 8.24. The molecule has 96 valence electrons. The Morgan fingerprint density at radius 3 is 2.59 bits per heavy atom. The molecule has 1 aromatic rings. The van der Waals surface area contributed by atoms with Crippen molar-refractivity contribution in [2.45, 2.75) is 32.7 Å². The number of halogens is 1. The first kappa shape index (κ1) is 14.5. The zero-order valence-electron chi connectivity index (χ0n) is 10.7. The quantitative estimate of drug-likeness (QED) is 0.714. The third kappa shape index (κ3) is 6.06. The van der Waals surface area contributed by atoms with Gasteiger partial charge in [0.1, 0.15) is 0 Å². The van der Waals surface area contributed by atoms with Crippen LogP contribution in [0.3, 0.4) is 0 Å². The average molecular weight is 256 g/mol. The molecule has 0 bridgehead atoms. The van der Waals surface area contributed by atoms with Crippen molar-refractivity contribution >= 4 is 11.6 Å². The summed E-state index contributed by atoms with van der Waals surface area (Å²) in [7, 11) is 0. The van der Waals surface area contributed by atoms with Gasteiger partial charge in [0.15, 0.2) is 0 Å². The van der Waals surface area contributed by atoms with Gasteiger partial charge in [-0.3, -0.25) is 0 Å². The van der Waals surface area contributed by atoms with Crippen molar-refractivity contribution in [3.8, 4) is 0 Å². The maximum atomic E-state index is 5.85. The predicted molar refractivity (Wildman–Crippen MR) is 73.6 cm³/mol. The van der Waals surface area contributed by atoms with E-state index in [1.807, 2.05) is 12.1 Å². The monoisotopic (exact) mass is 255 g/mol. The molecular formula is C14H22ClNO. The first-order valence-electron chi connectivity index (χ1n) is 6.30. The second-order valence-corrected chi connectivity index (χ2v) is 4.63. The molecule has 1 rings (SSSR count). The SMILES string of the molecule is CCCCOCCN[C@@H](C)c1ccc(Cl)cc1.